The van der Waals surface area contributed by atoms with E-state index in [4.69, 9.17) is 5.73 Å². The van der Waals surface area contributed by atoms with Gasteiger partial charge in [-0.3, -0.25) is 0 Å². The molecule has 90 valence electrons. The summed E-state index contributed by atoms with van der Waals surface area (Å²) in [5, 5.41) is 4.32. The highest BCUT2D eigenvalue weighted by Crippen LogP contribution is 2.16. The van der Waals surface area contributed by atoms with Gasteiger partial charge in [0.2, 0.25) is 0 Å². The van der Waals surface area contributed by atoms with Crippen LogP contribution in [0.3, 0.4) is 0 Å². The second-order valence-electron chi connectivity index (χ2n) is 3.79. The fraction of sp³-hybridized carbons (Fsp3) is 0.0833. The standard InChI is InChI=1S/C12H10FN5/c13-9-3-1-8(2-4-9)11-16-12-15-6-5-10(7-14)18(12)17-11/h1-6H,7,14H2. The molecule has 0 aliphatic rings. The molecule has 0 bridgehead atoms. The number of nitrogens with zero attached hydrogens (tertiary/aromatic N) is 4. The zero-order valence-electron chi connectivity index (χ0n) is 9.42. The van der Waals surface area contributed by atoms with E-state index in [9.17, 15) is 4.39 Å². The highest BCUT2D eigenvalue weighted by molar-refractivity contribution is 5.56. The van der Waals surface area contributed by atoms with Gasteiger partial charge < -0.3 is 5.73 Å². The van der Waals surface area contributed by atoms with Gasteiger partial charge >= 0.3 is 0 Å². The van der Waals surface area contributed by atoms with Crippen molar-refractivity contribution in [2.75, 3.05) is 0 Å². The molecule has 0 aliphatic carbocycles. The van der Waals surface area contributed by atoms with Crippen LogP contribution in [0.2, 0.25) is 0 Å². The van der Waals surface area contributed by atoms with Crippen molar-refractivity contribution >= 4 is 5.78 Å². The Morgan fingerprint density at radius 3 is 2.67 bits per heavy atom. The van der Waals surface area contributed by atoms with Gasteiger partial charge in [0, 0.05) is 18.3 Å². The molecule has 0 unspecified atom stereocenters. The molecule has 5 nitrogen and oxygen atoms in total. The Bertz CT molecular complexity index is 689. The maximum absolute atomic E-state index is 12.9. The Morgan fingerprint density at radius 1 is 1.17 bits per heavy atom. The van der Waals surface area contributed by atoms with E-state index in [0.29, 0.717) is 18.1 Å². The summed E-state index contributed by atoms with van der Waals surface area (Å²) in [6, 6.07) is 7.80. The molecule has 3 aromatic rings. The number of nitrogens with two attached hydrogens (primary N) is 1. The molecule has 0 spiro atoms. The molecule has 0 saturated carbocycles. The molecule has 0 saturated heterocycles. The van der Waals surface area contributed by atoms with E-state index < -0.39 is 0 Å². The normalized spacial score (nSPS) is 11.0. The predicted octanol–water partition coefficient (Wildman–Crippen LogP) is 1.39. The maximum atomic E-state index is 12.9. The zero-order valence-corrected chi connectivity index (χ0v) is 9.42. The van der Waals surface area contributed by atoms with Gasteiger partial charge in [0.05, 0.1) is 5.69 Å². The van der Waals surface area contributed by atoms with Crippen LogP contribution in [-0.4, -0.2) is 19.6 Å². The molecule has 0 radical (unpaired) electrons. The fourth-order valence-corrected chi connectivity index (χ4v) is 1.72. The monoisotopic (exact) mass is 243 g/mol. The average molecular weight is 243 g/mol. The largest absolute Gasteiger partial charge is 0.325 e. The van der Waals surface area contributed by atoms with Crippen molar-refractivity contribution in [1.29, 1.82) is 0 Å². The van der Waals surface area contributed by atoms with E-state index in [-0.39, 0.29) is 5.82 Å². The third kappa shape index (κ3) is 1.72. The number of hydrogen-bond acceptors (Lipinski definition) is 4. The van der Waals surface area contributed by atoms with Gasteiger partial charge in [-0.25, -0.2) is 9.37 Å². The topological polar surface area (TPSA) is 69.1 Å². The molecule has 0 amide bonds. The molecule has 1 aromatic carbocycles. The molecule has 18 heavy (non-hydrogen) atoms. The molecule has 3 rings (SSSR count). The Kier molecular flexibility index (Phi) is 2.49. The first-order valence-corrected chi connectivity index (χ1v) is 5.44. The summed E-state index contributed by atoms with van der Waals surface area (Å²) in [6.45, 7) is 0.352. The second kappa shape index (κ2) is 4.15. The zero-order chi connectivity index (χ0) is 12.5. The molecular formula is C12H10FN5. The van der Waals surface area contributed by atoms with Crippen LogP contribution in [-0.2, 0) is 6.54 Å². The van der Waals surface area contributed by atoms with Gasteiger partial charge in [-0.15, -0.1) is 5.10 Å². The van der Waals surface area contributed by atoms with E-state index in [1.54, 1.807) is 28.9 Å². The Morgan fingerprint density at radius 2 is 1.94 bits per heavy atom. The van der Waals surface area contributed by atoms with Crippen molar-refractivity contribution in [3.63, 3.8) is 0 Å². The summed E-state index contributed by atoms with van der Waals surface area (Å²) in [5.74, 6) is 0.698. The minimum Gasteiger partial charge on any atom is -0.325 e. The minimum atomic E-state index is -0.289. The first-order chi connectivity index (χ1) is 8.78. The maximum Gasteiger partial charge on any atom is 0.252 e. The van der Waals surface area contributed by atoms with E-state index in [1.807, 2.05) is 0 Å². The second-order valence-corrected chi connectivity index (χ2v) is 3.79. The third-order valence-electron chi connectivity index (χ3n) is 2.63. The molecule has 0 atom stereocenters. The van der Waals surface area contributed by atoms with Crippen molar-refractivity contribution in [2.24, 2.45) is 5.73 Å². The lowest BCUT2D eigenvalue weighted by Crippen LogP contribution is -2.05. The quantitative estimate of drug-likeness (QED) is 0.738. The summed E-state index contributed by atoms with van der Waals surface area (Å²) < 4.78 is 14.4. The highest BCUT2D eigenvalue weighted by atomic mass is 19.1. The van der Waals surface area contributed by atoms with Gasteiger partial charge in [0.1, 0.15) is 5.82 Å². The van der Waals surface area contributed by atoms with Crippen LogP contribution in [0.15, 0.2) is 36.5 Å². The van der Waals surface area contributed by atoms with Crippen LogP contribution in [0.1, 0.15) is 5.69 Å². The molecule has 2 aromatic heterocycles. The SMILES string of the molecule is NCc1ccnc2nc(-c3ccc(F)cc3)nn12. The van der Waals surface area contributed by atoms with Gasteiger partial charge in [-0.05, 0) is 30.3 Å². The van der Waals surface area contributed by atoms with Crippen molar-refractivity contribution in [3.8, 4) is 11.4 Å². The van der Waals surface area contributed by atoms with Crippen LogP contribution >= 0.6 is 0 Å². The summed E-state index contributed by atoms with van der Waals surface area (Å²) in [6.07, 6.45) is 1.64. The van der Waals surface area contributed by atoms with Gasteiger partial charge in [-0.2, -0.15) is 9.50 Å². The number of halogens is 1. The highest BCUT2D eigenvalue weighted by Gasteiger charge is 2.09. The first kappa shape index (κ1) is 10.8. The lowest BCUT2D eigenvalue weighted by Gasteiger charge is -1.97. The van der Waals surface area contributed by atoms with Crippen LogP contribution in [0.25, 0.3) is 17.2 Å². The summed E-state index contributed by atoms with van der Waals surface area (Å²) in [5.41, 5.74) is 7.18. The molecule has 2 heterocycles. The van der Waals surface area contributed by atoms with Crippen molar-refractivity contribution < 1.29 is 4.39 Å². The van der Waals surface area contributed by atoms with Gasteiger partial charge in [0.25, 0.3) is 5.78 Å². The summed E-state index contributed by atoms with van der Waals surface area (Å²) >= 11 is 0. The predicted molar refractivity (Wildman–Crippen MR) is 64.1 cm³/mol. The third-order valence-corrected chi connectivity index (χ3v) is 2.63. The first-order valence-electron chi connectivity index (χ1n) is 5.44. The number of benzene rings is 1. The lowest BCUT2D eigenvalue weighted by atomic mass is 10.2. The van der Waals surface area contributed by atoms with Crippen molar-refractivity contribution in [2.45, 2.75) is 6.54 Å². The van der Waals surface area contributed by atoms with Gasteiger partial charge in [-0.1, -0.05) is 0 Å². The summed E-state index contributed by atoms with van der Waals surface area (Å²) in [4.78, 5) is 8.40. The Labute approximate surface area is 102 Å². The van der Waals surface area contributed by atoms with Gasteiger partial charge in [0.15, 0.2) is 5.82 Å². The summed E-state index contributed by atoms with van der Waals surface area (Å²) in [7, 11) is 0. The Hall–Kier alpha value is -2.34. The van der Waals surface area contributed by atoms with Crippen molar-refractivity contribution in [1.82, 2.24) is 19.6 Å². The van der Waals surface area contributed by atoms with E-state index in [1.165, 1.54) is 12.1 Å². The van der Waals surface area contributed by atoms with E-state index in [0.717, 1.165) is 11.3 Å². The smallest absolute Gasteiger partial charge is 0.252 e. The van der Waals surface area contributed by atoms with E-state index >= 15 is 0 Å². The Balaban J connectivity index is 2.16. The van der Waals surface area contributed by atoms with E-state index in [2.05, 4.69) is 15.1 Å². The van der Waals surface area contributed by atoms with Crippen LogP contribution in [0.4, 0.5) is 4.39 Å². The lowest BCUT2D eigenvalue weighted by molar-refractivity contribution is 0.628. The minimum absolute atomic E-state index is 0.289. The molecule has 2 N–H and O–H groups in total. The molecule has 0 fully saturated rings. The van der Waals surface area contributed by atoms with Crippen LogP contribution in [0, 0.1) is 5.82 Å². The molecule has 0 aliphatic heterocycles. The number of fused-ring (bicyclic) bond motifs is 1. The number of hydrogen-bond donors (Lipinski definition) is 1. The van der Waals surface area contributed by atoms with Crippen LogP contribution < -0.4 is 5.73 Å². The van der Waals surface area contributed by atoms with Crippen molar-refractivity contribution in [3.05, 3.63) is 48.0 Å². The molecule has 6 heteroatoms. The van der Waals surface area contributed by atoms with Crippen LogP contribution in [0.5, 0.6) is 0 Å². The number of rotatable bonds is 2. The number of aromatic nitrogens is 4. The fourth-order valence-electron chi connectivity index (χ4n) is 1.72. The molecular weight excluding hydrogens is 233 g/mol. The average Bonchev–Trinajstić information content (AvgIpc) is 2.83.